The second-order valence-corrected chi connectivity index (χ2v) is 4.84. The van der Waals surface area contributed by atoms with Gasteiger partial charge in [-0.25, -0.2) is 0 Å². The first kappa shape index (κ1) is 12.6. The summed E-state index contributed by atoms with van der Waals surface area (Å²) < 4.78 is 0. The predicted octanol–water partition coefficient (Wildman–Crippen LogP) is 3.55. The highest BCUT2D eigenvalue weighted by molar-refractivity contribution is 6.38. The molecule has 1 heterocycles. The lowest BCUT2D eigenvalue weighted by Crippen LogP contribution is -1.89. The zero-order valence-corrected chi connectivity index (χ0v) is 11.1. The van der Waals surface area contributed by atoms with Crippen molar-refractivity contribution in [3.05, 3.63) is 47.6 Å². The molecule has 1 aromatic heterocycles. The molecule has 0 atom stereocenters. The Balaban J connectivity index is 2.26. The number of aromatic nitrogens is 1. The molecule has 0 saturated heterocycles. The number of anilines is 1. The molecular weight excluding hydrogens is 276 g/mol. The number of benzene rings is 2. The van der Waals surface area contributed by atoms with Crippen LogP contribution in [0.5, 0.6) is 11.5 Å². The van der Waals surface area contributed by atoms with Gasteiger partial charge in [-0.2, -0.15) is 0 Å². The Labute approximate surface area is 120 Å². The lowest BCUT2D eigenvalue weighted by Gasteiger charge is -2.09. The number of nitrogens with two attached hydrogens (primary N) is 1. The van der Waals surface area contributed by atoms with Crippen LogP contribution in [0.25, 0.3) is 22.0 Å². The summed E-state index contributed by atoms with van der Waals surface area (Å²) in [7, 11) is 0. The van der Waals surface area contributed by atoms with Crippen molar-refractivity contribution in [2.45, 2.75) is 0 Å². The molecule has 4 nitrogen and oxygen atoms in total. The molecule has 3 aromatic rings. The standard InChI is InChI=1S/C15H11ClN2O2/c16-15-10-6-9(19)2-3-13(10)18-7-11(15)8-1-4-14(20)12(17)5-8/h1-7,19-20H,17H2. The van der Waals surface area contributed by atoms with Crippen LogP contribution in [-0.4, -0.2) is 15.2 Å². The molecule has 0 aliphatic rings. The average Bonchev–Trinajstić information content (AvgIpc) is 2.43. The number of rotatable bonds is 1. The number of phenolic OH excluding ortho intramolecular Hbond substituents is 2. The van der Waals surface area contributed by atoms with E-state index in [-0.39, 0.29) is 17.2 Å². The third-order valence-electron chi connectivity index (χ3n) is 3.12. The normalized spacial score (nSPS) is 10.8. The second kappa shape index (κ2) is 4.58. The van der Waals surface area contributed by atoms with Crippen LogP contribution in [0, 0.1) is 0 Å². The van der Waals surface area contributed by atoms with Gasteiger partial charge in [0, 0.05) is 17.1 Å². The van der Waals surface area contributed by atoms with Crippen LogP contribution in [0.3, 0.4) is 0 Å². The lowest BCUT2D eigenvalue weighted by atomic mass is 10.0. The zero-order chi connectivity index (χ0) is 14.3. The quantitative estimate of drug-likeness (QED) is 0.472. The van der Waals surface area contributed by atoms with Crippen molar-refractivity contribution in [3.8, 4) is 22.6 Å². The molecule has 0 radical (unpaired) electrons. The number of hydrogen-bond acceptors (Lipinski definition) is 4. The largest absolute Gasteiger partial charge is 0.508 e. The van der Waals surface area contributed by atoms with Gasteiger partial charge in [0.05, 0.1) is 16.2 Å². The number of fused-ring (bicyclic) bond motifs is 1. The molecule has 0 aliphatic carbocycles. The number of phenols is 2. The molecule has 100 valence electrons. The van der Waals surface area contributed by atoms with E-state index in [0.29, 0.717) is 21.5 Å². The van der Waals surface area contributed by atoms with Crippen molar-refractivity contribution in [2.75, 3.05) is 5.73 Å². The minimum absolute atomic E-state index is 0.0243. The Bertz CT molecular complexity index is 818. The Hall–Kier alpha value is -2.46. The van der Waals surface area contributed by atoms with Crippen molar-refractivity contribution in [1.82, 2.24) is 4.98 Å². The third kappa shape index (κ3) is 2.00. The van der Waals surface area contributed by atoms with E-state index in [9.17, 15) is 10.2 Å². The summed E-state index contributed by atoms with van der Waals surface area (Å²) in [5.41, 5.74) is 8.11. The zero-order valence-electron chi connectivity index (χ0n) is 10.3. The van der Waals surface area contributed by atoms with Crippen LogP contribution >= 0.6 is 11.6 Å². The fourth-order valence-electron chi connectivity index (χ4n) is 2.07. The summed E-state index contributed by atoms with van der Waals surface area (Å²) in [5, 5.41) is 20.2. The van der Waals surface area contributed by atoms with Gasteiger partial charge in [0.15, 0.2) is 0 Å². The SMILES string of the molecule is Nc1cc(-c2cnc3ccc(O)cc3c2Cl)ccc1O. The molecule has 0 saturated carbocycles. The van der Waals surface area contributed by atoms with Crippen molar-refractivity contribution in [3.63, 3.8) is 0 Å². The molecule has 0 fully saturated rings. The van der Waals surface area contributed by atoms with E-state index in [0.717, 1.165) is 5.56 Å². The van der Waals surface area contributed by atoms with Crippen molar-refractivity contribution in [1.29, 1.82) is 0 Å². The molecule has 0 spiro atoms. The minimum atomic E-state index is 0.0243. The number of nitrogens with zero attached hydrogens (tertiary/aromatic N) is 1. The second-order valence-electron chi connectivity index (χ2n) is 4.46. The van der Waals surface area contributed by atoms with Crippen LogP contribution in [0.4, 0.5) is 5.69 Å². The number of aromatic hydroxyl groups is 2. The Morgan fingerprint density at radius 3 is 2.60 bits per heavy atom. The molecule has 2 aromatic carbocycles. The highest BCUT2D eigenvalue weighted by Gasteiger charge is 2.10. The summed E-state index contributed by atoms with van der Waals surface area (Å²) in [6, 6.07) is 9.68. The highest BCUT2D eigenvalue weighted by Crippen LogP contribution is 2.36. The van der Waals surface area contributed by atoms with Crippen LogP contribution in [0.2, 0.25) is 5.02 Å². The van der Waals surface area contributed by atoms with E-state index in [1.165, 1.54) is 6.07 Å². The van der Waals surface area contributed by atoms with Crippen LogP contribution < -0.4 is 5.73 Å². The Morgan fingerprint density at radius 1 is 1.05 bits per heavy atom. The molecule has 4 N–H and O–H groups in total. The van der Waals surface area contributed by atoms with Crippen molar-refractivity contribution in [2.24, 2.45) is 0 Å². The number of hydrogen-bond donors (Lipinski definition) is 3. The smallest absolute Gasteiger partial charge is 0.138 e. The predicted molar refractivity (Wildman–Crippen MR) is 79.9 cm³/mol. The van der Waals surface area contributed by atoms with E-state index < -0.39 is 0 Å². The molecule has 0 unspecified atom stereocenters. The van der Waals surface area contributed by atoms with Crippen LogP contribution in [0.1, 0.15) is 0 Å². The Morgan fingerprint density at radius 2 is 1.85 bits per heavy atom. The van der Waals surface area contributed by atoms with Crippen molar-refractivity contribution >= 4 is 28.2 Å². The minimum Gasteiger partial charge on any atom is -0.508 e. The van der Waals surface area contributed by atoms with Gasteiger partial charge in [-0.3, -0.25) is 4.98 Å². The first-order valence-corrected chi connectivity index (χ1v) is 6.30. The van der Waals surface area contributed by atoms with Gasteiger partial charge in [-0.15, -0.1) is 0 Å². The number of pyridine rings is 1. The molecule has 5 heteroatoms. The molecule has 0 bridgehead atoms. The van der Waals surface area contributed by atoms with Crippen molar-refractivity contribution < 1.29 is 10.2 Å². The summed E-state index contributed by atoms with van der Waals surface area (Å²) in [6.07, 6.45) is 1.65. The van der Waals surface area contributed by atoms with Gasteiger partial charge in [0.2, 0.25) is 0 Å². The fraction of sp³-hybridized carbons (Fsp3) is 0. The van der Waals surface area contributed by atoms with Gasteiger partial charge in [0.25, 0.3) is 0 Å². The highest BCUT2D eigenvalue weighted by atomic mass is 35.5. The molecule has 20 heavy (non-hydrogen) atoms. The number of nitrogen functional groups attached to an aromatic ring is 1. The Kier molecular flexibility index (Phi) is 2.88. The molecule has 0 amide bonds. The topological polar surface area (TPSA) is 79.4 Å². The van der Waals surface area contributed by atoms with E-state index in [4.69, 9.17) is 17.3 Å². The van der Waals surface area contributed by atoms with Crippen LogP contribution in [0.15, 0.2) is 42.6 Å². The first-order chi connectivity index (χ1) is 9.56. The van der Waals surface area contributed by atoms with Gasteiger partial charge in [-0.05, 0) is 35.9 Å². The van der Waals surface area contributed by atoms with Crippen LogP contribution in [-0.2, 0) is 0 Å². The monoisotopic (exact) mass is 286 g/mol. The summed E-state index contributed by atoms with van der Waals surface area (Å²) >= 11 is 6.39. The van der Waals surface area contributed by atoms with Gasteiger partial charge in [-0.1, -0.05) is 17.7 Å². The maximum absolute atomic E-state index is 9.56. The van der Waals surface area contributed by atoms with E-state index >= 15 is 0 Å². The maximum Gasteiger partial charge on any atom is 0.138 e. The maximum atomic E-state index is 9.56. The summed E-state index contributed by atoms with van der Waals surface area (Å²) in [6.45, 7) is 0. The average molecular weight is 287 g/mol. The molecule has 3 rings (SSSR count). The summed E-state index contributed by atoms with van der Waals surface area (Å²) in [4.78, 5) is 4.31. The first-order valence-electron chi connectivity index (χ1n) is 5.92. The number of halogens is 1. The van der Waals surface area contributed by atoms with Gasteiger partial charge < -0.3 is 15.9 Å². The lowest BCUT2D eigenvalue weighted by molar-refractivity contribution is 0.476. The third-order valence-corrected chi connectivity index (χ3v) is 3.53. The molecular formula is C15H11ClN2O2. The fourth-order valence-corrected chi connectivity index (χ4v) is 2.38. The van der Waals surface area contributed by atoms with Gasteiger partial charge in [0.1, 0.15) is 11.5 Å². The van der Waals surface area contributed by atoms with E-state index in [1.807, 2.05) is 0 Å². The van der Waals surface area contributed by atoms with Gasteiger partial charge >= 0.3 is 0 Å². The van der Waals surface area contributed by atoms with E-state index in [2.05, 4.69) is 4.98 Å². The van der Waals surface area contributed by atoms with E-state index in [1.54, 1.807) is 36.5 Å². The summed E-state index contributed by atoms with van der Waals surface area (Å²) in [5.74, 6) is 0.153. The molecule has 0 aliphatic heterocycles.